The van der Waals surface area contributed by atoms with Gasteiger partial charge in [-0.3, -0.25) is 0 Å². The number of nitrogens with one attached hydrogen (secondary N) is 1. The Kier molecular flexibility index (Phi) is 7.57. The van der Waals surface area contributed by atoms with Crippen LogP contribution < -0.4 is 5.32 Å². The third-order valence-electron chi connectivity index (χ3n) is 4.07. The van der Waals surface area contributed by atoms with E-state index >= 15 is 0 Å². The van der Waals surface area contributed by atoms with Gasteiger partial charge in [0.25, 0.3) is 0 Å². The van der Waals surface area contributed by atoms with E-state index in [0.717, 1.165) is 34.9 Å². The molecule has 0 aliphatic carbocycles. The van der Waals surface area contributed by atoms with E-state index in [0.29, 0.717) is 12.6 Å². The lowest BCUT2D eigenvalue weighted by molar-refractivity contribution is 0.439. The number of rotatable bonds is 7. The molecule has 0 aliphatic rings. The highest BCUT2D eigenvalue weighted by Gasteiger charge is 2.11. The zero-order valence-corrected chi connectivity index (χ0v) is 15.8. The molecule has 25 heavy (non-hydrogen) atoms. The summed E-state index contributed by atoms with van der Waals surface area (Å²) in [6.07, 6.45) is 2.24. The van der Waals surface area contributed by atoms with Crippen molar-refractivity contribution in [1.82, 2.24) is 5.32 Å². The second kappa shape index (κ2) is 9.67. The molecular formula is C21H23Cl2NO. The van der Waals surface area contributed by atoms with E-state index in [1.807, 2.05) is 36.4 Å². The number of hydrogen-bond acceptors (Lipinski definition) is 2. The summed E-state index contributed by atoms with van der Waals surface area (Å²) in [6.45, 7) is 2.92. The Labute approximate surface area is 160 Å². The van der Waals surface area contributed by atoms with Crippen LogP contribution in [0.2, 0.25) is 5.02 Å². The van der Waals surface area contributed by atoms with Crippen molar-refractivity contribution < 1.29 is 4.42 Å². The van der Waals surface area contributed by atoms with Crippen molar-refractivity contribution in [2.24, 2.45) is 0 Å². The van der Waals surface area contributed by atoms with Crippen LogP contribution in [-0.2, 0) is 6.54 Å². The lowest BCUT2D eigenvalue weighted by Gasteiger charge is -2.17. The van der Waals surface area contributed by atoms with Crippen LogP contribution in [0.1, 0.15) is 37.1 Å². The summed E-state index contributed by atoms with van der Waals surface area (Å²) < 4.78 is 5.97. The minimum Gasteiger partial charge on any atom is -0.460 e. The Morgan fingerprint density at radius 1 is 1.00 bits per heavy atom. The fraction of sp³-hybridized carbons (Fsp3) is 0.238. The molecule has 2 nitrogen and oxygen atoms in total. The average Bonchev–Trinajstić information content (AvgIpc) is 3.08. The molecule has 0 radical (unpaired) electrons. The minimum atomic E-state index is 0. The third-order valence-corrected chi connectivity index (χ3v) is 4.31. The van der Waals surface area contributed by atoms with Crippen LogP contribution in [0.5, 0.6) is 0 Å². The van der Waals surface area contributed by atoms with Crippen LogP contribution in [0.15, 0.2) is 71.1 Å². The number of benzene rings is 2. The smallest absolute Gasteiger partial charge is 0.134 e. The van der Waals surface area contributed by atoms with E-state index in [1.165, 1.54) is 5.56 Å². The van der Waals surface area contributed by atoms with Crippen molar-refractivity contribution in [1.29, 1.82) is 0 Å². The monoisotopic (exact) mass is 375 g/mol. The highest BCUT2D eigenvalue weighted by molar-refractivity contribution is 6.30. The Hall–Kier alpha value is -1.74. The van der Waals surface area contributed by atoms with Crippen LogP contribution in [0.4, 0.5) is 0 Å². The third kappa shape index (κ3) is 5.37. The van der Waals surface area contributed by atoms with Gasteiger partial charge in [0.1, 0.15) is 11.5 Å². The SMILES string of the molecule is CCCC(NCc1ccc(-c2cccc(Cl)c2)o1)c1ccccc1.Cl. The molecule has 3 aromatic rings. The zero-order chi connectivity index (χ0) is 16.8. The van der Waals surface area contributed by atoms with Gasteiger partial charge in [-0.25, -0.2) is 0 Å². The predicted molar refractivity (Wildman–Crippen MR) is 107 cm³/mol. The molecule has 0 bridgehead atoms. The maximum atomic E-state index is 6.05. The van der Waals surface area contributed by atoms with Gasteiger partial charge in [-0.2, -0.15) is 0 Å². The van der Waals surface area contributed by atoms with Crippen LogP contribution in [0.3, 0.4) is 0 Å². The van der Waals surface area contributed by atoms with Gasteiger partial charge in [0.15, 0.2) is 0 Å². The molecule has 132 valence electrons. The summed E-state index contributed by atoms with van der Waals surface area (Å²) in [5, 5.41) is 4.33. The molecule has 1 atom stereocenters. The lowest BCUT2D eigenvalue weighted by atomic mass is 10.0. The molecule has 0 aliphatic heterocycles. The maximum absolute atomic E-state index is 6.05. The average molecular weight is 376 g/mol. The van der Waals surface area contributed by atoms with E-state index in [4.69, 9.17) is 16.0 Å². The summed E-state index contributed by atoms with van der Waals surface area (Å²) in [4.78, 5) is 0. The van der Waals surface area contributed by atoms with Crippen molar-refractivity contribution in [2.75, 3.05) is 0 Å². The molecule has 3 rings (SSSR count). The normalized spacial score (nSPS) is 11.8. The Morgan fingerprint density at radius 2 is 1.80 bits per heavy atom. The summed E-state index contributed by atoms with van der Waals surface area (Å²) >= 11 is 6.05. The van der Waals surface area contributed by atoms with E-state index in [9.17, 15) is 0 Å². The standard InChI is InChI=1S/C21H22ClNO.ClH/c1-2-7-20(16-8-4-3-5-9-16)23-15-19-12-13-21(24-19)17-10-6-11-18(22)14-17;/h3-6,8-14,20,23H,2,7,15H2,1H3;1H. The fourth-order valence-electron chi connectivity index (χ4n) is 2.85. The zero-order valence-electron chi connectivity index (χ0n) is 14.2. The molecule has 0 saturated carbocycles. The summed E-state index contributed by atoms with van der Waals surface area (Å²) in [5.41, 5.74) is 2.32. The van der Waals surface area contributed by atoms with Gasteiger partial charge in [0, 0.05) is 16.6 Å². The minimum absolute atomic E-state index is 0. The van der Waals surface area contributed by atoms with Crippen LogP contribution >= 0.6 is 24.0 Å². The van der Waals surface area contributed by atoms with Crippen molar-refractivity contribution in [3.05, 3.63) is 83.1 Å². The van der Waals surface area contributed by atoms with Crippen molar-refractivity contribution >= 4 is 24.0 Å². The first-order valence-electron chi connectivity index (χ1n) is 8.39. The molecular weight excluding hydrogens is 353 g/mol. The van der Waals surface area contributed by atoms with Crippen molar-refractivity contribution in [2.45, 2.75) is 32.4 Å². The summed E-state index contributed by atoms with van der Waals surface area (Å²) in [6, 6.07) is 22.7. The number of halogens is 2. The number of hydrogen-bond donors (Lipinski definition) is 1. The van der Waals surface area contributed by atoms with E-state index in [2.05, 4.69) is 42.6 Å². The molecule has 0 spiro atoms. The van der Waals surface area contributed by atoms with E-state index in [-0.39, 0.29) is 12.4 Å². The highest BCUT2D eigenvalue weighted by Crippen LogP contribution is 2.25. The molecule has 0 saturated heterocycles. The number of furan rings is 1. The van der Waals surface area contributed by atoms with Crippen LogP contribution in [0, 0.1) is 0 Å². The molecule has 4 heteroatoms. The lowest BCUT2D eigenvalue weighted by Crippen LogP contribution is -2.20. The highest BCUT2D eigenvalue weighted by atomic mass is 35.5. The molecule has 1 heterocycles. The molecule has 1 N–H and O–H groups in total. The van der Waals surface area contributed by atoms with Gasteiger partial charge in [0.2, 0.25) is 0 Å². The van der Waals surface area contributed by atoms with Gasteiger partial charge in [-0.15, -0.1) is 12.4 Å². The second-order valence-electron chi connectivity index (χ2n) is 5.91. The Bertz CT molecular complexity index is 770. The fourth-order valence-corrected chi connectivity index (χ4v) is 3.04. The van der Waals surface area contributed by atoms with Gasteiger partial charge < -0.3 is 9.73 Å². The Balaban J connectivity index is 0.00000225. The van der Waals surface area contributed by atoms with Crippen molar-refractivity contribution in [3.63, 3.8) is 0 Å². The quantitative estimate of drug-likeness (QED) is 0.499. The maximum Gasteiger partial charge on any atom is 0.134 e. The Morgan fingerprint density at radius 3 is 2.52 bits per heavy atom. The van der Waals surface area contributed by atoms with Gasteiger partial charge in [-0.1, -0.05) is 67.4 Å². The predicted octanol–water partition coefficient (Wildman–Crippen LogP) is 6.65. The first-order valence-corrected chi connectivity index (χ1v) is 8.77. The molecule has 0 fully saturated rings. The first kappa shape index (κ1) is 19.6. The van der Waals surface area contributed by atoms with Crippen LogP contribution in [0.25, 0.3) is 11.3 Å². The molecule has 1 aromatic heterocycles. The van der Waals surface area contributed by atoms with Crippen LogP contribution in [-0.4, -0.2) is 0 Å². The second-order valence-corrected chi connectivity index (χ2v) is 6.35. The molecule has 1 unspecified atom stereocenters. The molecule has 0 amide bonds. The van der Waals surface area contributed by atoms with E-state index in [1.54, 1.807) is 0 Å². The largest absolute Gasteiger partial charge is 0.460 e. The van der Waals surface area contributed by atoms with Gasteiger partial charge >= 0.3 is 0 Å². The van der Waals surface area contributed by atoms with Gasteiger partial charge in [0.05, 0.1) is 6.54 Å². The first-order chi connectivity index (χ1) is 11.8. The summed E-state index contributed by atoms with van der Waals surface area (Å²) in [7, 11) is 0. The molecule has 2 aromatic carbocycles. The van der Waals surface area contributed by atoms with Crippen molar-refractivity contribution in [3.8, 4) is 11.3 Å². The van der Waals surface area contributed by atoms with Gasteiger partial charge in [-0.05, 0) is 36.2 Å². The topological polar surface area (TPSA) is 25.2 Å². The summed E-state index contributed by atoms with van der Waals surface area (Å²) in [5.74, 6) is 1.78. The van der Waals surface area contributed by atoms with E-state index < -0.39 is 0 Å².